The minimum atomic E-state index is 0.603. The minimum absolute atomic E-state index is 0.603. The molecule has 0 aliphatic carbocycles. The van der Waals surface area contributed by atoms with Gasteiger partial charge in [0, 0.05) is 4.47 Å². The number of rotatable bonds is 4. The van der Waals surface area contributed by atoms with E-state index in [4.69, 9.17) is 4.74 Å². The molecule has 0 aromatic heterocycles. The third-order valence-electron chi connectivity index (χ3n) is 1.80. The highest BCUT2D eigenvalue weighted by molar-refractivity contribution is 9.10. The van der Waals surface area contributed by atoms with E-state index in [2.05, 4.69) is 41.6 Å². The molecule has 0 fully saturated rings. The van der Waals surface area contributed by atoms with Crippen LogP contribution in [0.5, 0.6) is 0 Å². The van der Waals surface area contributed by atoms with Crippen LogP contribution in [0.3, 0.4) is 0 Å². The fourth-order valence-electron chi connectivity index (χ4n) is 1.05. The van der Waals surface area contributed by atoms with Gasteiger partial charge in [0.15, 0.2) is 0 Å². The summed E-state index contributed by atoms with van der Waals surface area (Å²) in [5, 5.41) is 0. The lowest BCUT2D eigenvalue weighted by atomic mass is 10.1. The van der Waals surface area contributed by atoms with Crippen molar-refractivity contribution in [3.8, 4) is 0 Å². The van der Waals surface area contributed by atoms with E-state index in [0.717, 1.165) is 4.47 Å². The quantitative estimate of drug-likeness (QED) is 0.579. The topological polar surface area (TPSA) is 9.23 Å². The van der Waals surface area contributed by atoms with E-state index >= 15 is 0 Å². The van der Waals surface area contributed by atoms with Crippen LogP contribution >= 0.6 is 15.9 Å². The number of ether oxygens (including phenoxy) is 1. The molecule has 0 saturated carbocycles. The highest BCUT2D eigenvalue weighted by Crippen LogP contribution is 2.16. The predicted octanol–water partition coefficient (Wildman–Crippen LogP) is 3.46. The highest BCUT2D eigenvalue weighted by Gasteiger charge is 1.98. The van der Waals surface area contributed by atoms with Gasteiger partial charge in [-0.25, -0.2) is 0 Å². The Morgan fingerprint density at radius 2 is 2.31 bits per heavy atom. The molecular formula is C11H13BrO. The molecule has 0 N–H and O–H groups in total. The van der Waals surface area contributed by atoms with Crippen LogP contribution in [-0.4, -0.2) is 6.61 Å². The average molecular weight is 241 g/mol. The van der Waals surface area contributed by atoms with E-state index in [-0.39, 0.29) is 0 Å². The smallest absolute Gasteiger partial charge is 0.0724 e. The Morgan fingerprint density at radius 1 is 1.54 bits per heavy atom. The number of hydrogen-bond donors (Lipinski definition) is 0. The predicted molar refractivity (Wildman–Crippen MR) is 58.7 cm³/mol. The van der Waals surface area contributed by atoms with Gasteiger partial charge in [0.05, 0.1) is 13.2 Å². The first-order chi connectivity index (χ1) is 6.24. The summed E-state index contributed by atoms with van der Waals surface area (Å²) in [6.07, 6.45) is 1.76. The van der Waals surface area contributed by atoms with Crippen molar-refractivity contribution < 1.29 is 4.74 Å². The number of halogens is 1. The zero-order chi connectivity index (χ0) is 9.68. The Morgan fingerprint density at radius 3 is 3.00 bits per heavy atom. The lowest BCUT2D eigenvalue weighted by Gasteiger charge is -2.05. The largest absolute Gasteiger partial charge is 0.373 e. The second kappa shape index (κ2) is 5.20. The maximum atomic E-state index is 5.37. The Hall–Kier alpha value is -0.600. The molecule has 2 heteroatoms. The molecule has 1 rings (SSSR count). The first kappa shape index (κ1) is 10.5. The van der Waals surface area contributed by atoms with Gasteiger partial charge in [-0.05, 0) is 30.2 Å². The van der Waals surface area contributed by atoms with Gasteiger partial charge in [0.1, 0.15) is 0 Å². The van der Waals surface area contributed by atoms with Gasteiger partial charge >= 0.3 is 0 Å². The molecular weight excluding hydrogens is 228 g/mol. The van der Waals surface area contributed by atoms with E-state index in [0.29, 0.717) is 13.2 Å². The number of benzene rings is 1. The third-order valence-corrected chi connectivity index (χ3v) is 2.30. The van der Waals surface area contributed by atoms with E-state index < -0.39 is 0 Å². The molecule has 0 aliphatic rings. The van der Waals surface area contributed by atoms with Crippen LogP contribution in [0.4, 0.5) is 0 Å². The molecule has 0 aliphatic heterocycles. The van der Waals surface area contributed by atoms with Gasteiger partial charge in [-0.1, -0.05) is 28.1 Å². The van der Waals surface area contributed by atoms with Gasteiger partial charge in [-0.15, -0.1) is 6.58 Å². The summed E-state index contributed by atoms with van der Waals surface area (Å²) in [5.41, 5.74) is 2.48. The van der Waals surface area contributed by atoms with Crippen LogP contribution in [0.25, 0.3) is 0 Å². The molecule has 70 valence electrons. The van der Waals surface area contributed by atoms with Crippen molar-refractivity contribution in [2.75, 3.05) is 6.61 Å². The fraction of sp³-hybridized carbons (Fsp3) is 0.273. The summed E-state index contributed by atoms with van der Waals surface area (Å²) < 4.78 is 6.46. The molecule has 1 aromatic carbocycles. The first-order valence-electron chi connectivity index (χ1n) is 4.17. The van der Waals surface area contributed by atoms with Gasteiger partial charge in [0.25, 0.3) is 0 Å². The number of hydrogen-bond acceptors (Lipinski definition) is 1. The van der Waals surface area contributed by atoms with Crippen molar-refractivity contribution in [2.45, 2.75) is 13.5 Å². The first-order valence-corrected chi connectivity index (χ1v) is 4.97. The van der Waals surface area contributed by atoms with Crippen molar-refractivity contribution in [1.29, 1.82) is 0 Å². The van der Waals surface area contributed by atoms with Crippen LogP contribution in [0.1, 0.15) is 11.1 Å². The Balaban J connectivity index is 2.64. The van der Waals surface area contributed by atoms with Crippen molar-refractivity contribution in [1.82, 2.24) is 0 Å². The average Bonchev–Trinajstić information content (AvgIpc) is 2.11. The van der Waals surface area contributed by atoms with Crippen molar-refractivity contribution >= 4 is 15.9 Å². The van der Waals surface area contributed by atoms with Gasteiger partial charge in [0.2, 0.25) is 0 Å². The molecule has 1 nitrogen and oxygen atoms in total. The molecule has 0 atom stereocenters. The Bertz CT molecular complexity index is 294. The van der Waals surface area contributed by atoms with E-state index in [1.54, 1.807) is 6.08 Å². The summed E-state index contributed by atoms with van der Waals surface area (Å²) in [7, 11) is 0. The standard InChI is InChI=1S/C11H13BrO/c1-3-6-13-8-10-7-11(12)5-4-9(10)2/h3-5,7H,1,6,8H2,2H3. The van der Waals surface area contributed by atoms with Crippen LogP contribution in [0.15, 0.2) is 35.3 Å². The molecule has 0 spiro atoms. The Kier molecular flexibility index (Phi) is 4.19. The van der Waals surface area contributed by atoms with Crippen molar-refractivity contribution in [3.63, 3.8) is 0 Å². The second-order valence-electron chi connectivity index (χ2n) is 2.87. The van der Waals surface area contributed by atoms with Crippen molar-refractivity contribution in [2.24, 2.45) is 0 Å². The van der Waals surface area contributed by atoms with Crippen LogP contribution in [0, 0.1) is 6.92 Å². The minimum Gasteiger partial charge on any atom is -0.373 e. The van der Waals surface area contributed by atoms with Crippen LogP contribution in [-0.2, 0) is 11.3 Å². The van der Waals surface area contributed by atoms with E-state index in [1.807, 2.05) is 6.07 Å². The van der Waals surface area contributed by atoms with E-state index in [1.165, 1.54) is 11.1 Å². The monoisotopic (exact) mass is 240 g/mol. The van der Waals surface area contributed by atoms with E-state index in [9.17, 15) is 0 Å². The molecule has 0 unspecified atom stereocenters. The van der Waals surface area contributed by atoms with Crippen molar-refractivity contribution in [3.05, 3.63) is 46.5 Å². The third kappa shape index (κ3) is 3.33. The maximum absolute atomic E-state index is 5.37. The lowest BCUT2D eigenvalue weighted by molar-refractivity contribution is 0.148. The zero-order valence-electron chi connectivity index (χ0n) is 7.72. The summed E-state index contributed by atoms with van der Waals surface area (Å²) in [6.45, 7) is 6.93. The maximum Gasteiger partial charge on any atom is 0.0724 e. The summed E-state index contributed by atoms with van der Waals surface area (Å²) in [4.78, 5) is 0. The zero-order valence-corrected chi connectivity index (χ0v) is 9.30. The molecule has 13 heavy (non-hydrogen) atoms. The summed E-state index contributed by atoms with van der Waals surface area (Å²) in [6, 6.07) is 6.20. The van der Waals surface area contributed by atoms with Crippen LogP contribution in [0.2, 0.25) is 0 Å². The fourth-order valence-corrected chi connectivity index (χ4v) is 1.46. The lowest BCUT2D eigenvalue weighted by Crippen LogP contribution is -1.95. The normalized spacial score (nSPS) is 10.0. The van der Waals surface area contributed by atoms with Gasteiger partial charge in [-0.2, -0.15) is 0 Å². The van der Waals surface area contributed by atoms with Gasteiger partial charge in [-0.3, -0.25) is 0 Å². The molecule has 0 radical (unpaired) electrons. The van der Waals surface area contributed by atoms with Crippen LogP contribution < -0.4 is 0 Å². The SMILES string of the molecule is C=CCOCc1cc(Br)ccc1C. The second-order valence-corrected chi connectivity index (χ2v) is 3.79. The molecule has 1 aromatic rings. The summed E-state index contributed by atoms with van der Waals surface area (Å²) >= 11 is 3.43. The highest BCUT2D eigenvalue weighted by atomic mass is 79.9. The summed E-state index contributed by atoms with van der Waals surface area (Å²) in [5.74, 6) is 0. The molecule has 0 bridgehead atoms. The number of aryl methyl sites for hydroxylation is 1. The molecule has 0 saturated heterocycles. The molecule has 0 heterocycles. The Labute approximate surface area is 87.5 Å². The molecule has 0 amide bonds. The van der Waals surface area contributed by atoms with Gasteiger partial charge < -0.3 is 4.74 Å².